The predicted molar refractivity (Wildman–Crippen MR) is 77.9 cm³/mol. The molecule has 1 amide bonds. The lowest BCUT2D eigenvalue weighted by molar-refractivity contribution is 0.0949. The van der Waals surface area contributed by atoms with Gasteiger partial charge in [-0.3, -0.25) is 4.79 Å². The fourth-order valence-corrected chi connectivity index (χ4v) is 1.99. The average molecular weight is 264 g/mol. The van der Waals surface area contributed by atoms with E-state index in [4.69, 9.17) is 4.74 Å². The van der Waals surface area contributed by atoms with Crippen molar-refractivity contribution in [1.29, 1.82) is 0 Å². The number of hydrogen-bond acceptors (Lipinski definition) is 3. The lowest BCUT2D eigenvalue weighted by Crippen LogP contribution is -2.34. The van der Waals surface area contributed by atoms with Gasteiger partial charge in [-0.05, 0) is 43.8 Å². The molecule has 0 saturated carbocycles. The van der Waals surface area contributed by atoms with Gasteiger partial charge in [0.05, 0.1) is 7.11 Å². The summed E-state index contributed by atoms with van der Waals surface area (Å²) in [6.07, 6.45) is 0. The van der Waals surface area contributed by atoms with E-state index in [1.165, 1.54) is 0 Å². The number of methoxy groups -OCH3 is 1. The molecule has 0 unspecified atom stereocenters. The minimum absolute atomic E-state index is 0.0297. The molecule has 0 aromatic heterocycles. The van der Waals surface area contributed by atoms with Gasteiger partial charge in [-0.2, -0.15) is 0 Å². The number of amides is 1. The number of aryl methyl sites for hydroxylation is 1. The van der Waals surface area contributed by atoms with E-state index in [0.717, 1.165) is 30.9 Å². The van der Waals surface area contributed by atoms with Crippen LogP contribution in [0.5, 0.6) is 5.75 Å². The molecule has 1 aromatic carbocycles. The zero-order chi connectivity index (χ0) is 14.3. The zero-order valence-corrected chi connectivity index (χ0v) is 12.3. The molecular formula is C15H24N2O2. The topological polar surface area (TPSA) is 41.6 Å². The summed E-state index contributed by atoms with van der Waals surface area (Å²) in [5.41, 5.74) is 1.65. The van der Waals surface area contributed by atoms with E-state index >= 15 is 0 Å². The van der Waals surface area contributed by atoms with Gasteiger partial charge in [-0.25, -0.2) is 0 Å². The van der Waals surface area contributed by atoms with Crippen molar-refractivity contribution in [3.05, 3.63) is 29.3 Å². The summed E-state index contributed by atoms with van der Waals surface area (Å²) < 4.78 is 5.18. The van der Waals surface area contributed by atoms with E-state index < -0.39 is 0 Å². The van der Waals surface area contributed by atoms with Crippen molar-refractivity contribution in [2.45, 2.75) is 20.8 Å². The Hall–Kier alpha value is -1.55. The van der Waals surface area contributed by atoms with Crippen LogP contribution < -0.4 is 10.1 Å². The summed E-state index contributed by atoms with van der Waals surface area (Å²) in [5, 5.41) is 2.94. The van der Waals surface area contributed by atoms with Crippen LogP contribution in [0.1, 0.15) is 29.8 Å². The van der Waals surface area contributed by atoms with E-state index in [1.807, 2.05) is 19.1 Å². The van der Waals surface area contributed by atoms with Gasteiger partial charge in [0.2, 0.25) is 0 Å². The third kappa shape index (κ3) is 4.56. The Morgan fingerprint density at radius 3 is 2.53 bits per heavy atom. The Labute approximate surface area is 115 Å². The predicted octanol–water partition coefficient (Wildman–Crippen LogP) is 2.08. The highest BCUT2D eigenvalue weighted by Crippen LogP contribution is 2.18. The lowest BCUT2D eigenvalue weighted by atomic mass is 10.1. The van der Waals surface area contributed by atoms with Crippen LogP contribution in [0, 0.1) is 6.92 Å². The zero-order valence-electron chi connectivity index (χ0n) is 12.3. The molecule has 1 N–H and O–H groups in total. The maximum Gasteiger partial charge on any atom is 0.251 e. The highest BCUT2D eigenvalue weighted by Gasteiger charge is 2.08. The van der Waals surface area contributed by atoms with E-state index in [-0.39, 0.29) is 5.91 Å². The molecule has 4 nitrogen and oxygen atoms in total. The number of hydrogen-bond donors (Lipinski definition) is 1. The minimum Gasteiger partial charge on any atom is -0.496 e. The Morgan fingerprint density at radius 1 is 1.32 bits per heavy atom. The monoisotopic (exact) mass is 264 g/mol. The van der Waals surface area contributed by atoms with Crippen LogP contribution in [0.2, 0.25) is 0 Å². The minimum atomic E-state index is -0.0297. The van der Waals surface area contributed by atoms with Crippen LogP contribution in [-0.4, -0.2) is 44.1 Å². The molecule has 4 heteroatoms. The summed E-state index contributed by atoms with van der Waals surface area (Å²) in [6, 6.07) is 5.47. The molecule has 0 saturated heterocycles. The second kappa shape index (κ2) is 7.79. The summed E-state index contributed by atoms with van der Waals surface area (Å²) in [5.74, 6) is 0.776. The van der Waals surface area contributed by atoms with Gasteiger partial charge in [0.15, 0.2) is 0 Å². The molecule has 1 aromatic rings. The van der Waals surface area contributed by atoms with Crippen molar-refractivity contribution < 1.29 is 9.53 Å². The average Bonchev–Trinajstić information content (AvgIpc) is 2.43. The summed E-state index contributed by atoms with van der Waals surface area (Å²) in [7, 11) is 1.63. The second-order valence-corrected chi connectivity index (χ2v) is 4.47. The van der Waals surface area contributed by atoms with E-state index in [2.05, 4.69) is 24.1 Å². The number of rotatable bonds is 7. The van der Waals surface area contributed by atoms with Crippen molar-refractivity contribution in [3.63, 3.8) is 0 Å². The first-order valence-corrected chi connectivity index (χ1v) is 6.77. The third-order valence-corrected chi connectivity index (χ3v) is 3.27. The van der Waals surface area contributed by atoms with Crippen LogP contribution in [0.3, 0.4) is 0 Å². The standard InChI is InChI=1S/C15H24N2O2/c1-5-17(6-2)10-9-16-15(18)13-7-8-14(19-4)12(3)11-13/h7-8,11H,5-6,9-10H2,1-4H3,(H,16,18). The molecule has 0 aliphatic rings. The number of ether oxygens (including phenoxy) is 1. The van der Waals surface area contributed by atoms with Gasteiger partial charge in [0.1, 0.15) is 5.75 Å². The van der Waals surface area contributed by atoms with E-state index in [0.29, 0.717) is 12.1 Å². The molecule has 0 atom stereocenters. The molecule has 0 spiro atoms. The van der Waals surface area contributed by atoms with Crippen LogP contribution >= 0.6 is 0 Å². The Morgan fingerprint density at radius 2 is 2.00 bits per heavy atom. The van der Waals surface area contributed by atoms with E-state index in [1.54, 1.807) is 13.2 Å². The fourth-order valence-electron chi connectivity index (χ4n) is 1.99. The summed E-state index contributed by atoms with van der Waals surface area (Å²) >= 11 is 0. The number of likely N-dealkylation sites (N-methyl/N-ethyl adjacent to an activating group) is 1. The quantitative estimate of drug-likeness (QED) is 0.820. The van der Waals surface area contributed by atoms with Crippen LogP contribution in [0.25, 0.3) is 0 Å². The van der Waals surface area contributed by atoms with Crippen LogP contribution in [0.15, 0.2) is 18.2 Å². The van der Waals surface area contributed by atoms with Crippen LogP contribution in [-0.2, 0) is 0 Å². The van der Waals surface area contributed by atoms with Crippen LogP contribution in [0.4, 0.5) is 0 Å². The van der Waals surface area contributed by atoms with Crippen molar-refractivity contribution in [2.75, 3.05) is 33.3 Å². The maximum atomic E-state index is 12.0. The Bertz CT molecular complexity index is 415. The first kappa shape index (κ1) is 15.5. The molecule has 1 rings (SSSR count). The Kier molecular flexibility index (Phi) is 6.36. The molecule has 0 heterocycles. The van der Waals surface area contributed by atoms with Gasteiger partial charge >= 0.3 is 0 Å². The number of carbonyl (C=O) groups excluding carboxylic acids is 1. The normalized spacial score (nSPS) is 10.6. The molecule has 19 heavy (non-hydrogen) atoms. The largest absolute Gasteiger partial charge is 0.496 e. The van der Waals surface area contributed by atoms with Gasteiger partial charge in [0.25, 0.3) is 5.91 Å². The molecule has 0 bridgehead atoms. The maximum absolute atomic E-state index is 12.0. The fraction of sp³-hybridized carbons (Fsp3) is 0.533. The number of carbonyl (C=O) groups is 1. The summed E-state index contributed by atoms with van der Waals surface area (Å²) in [6.45, 7) is 9.75. The van der Waals surface area contributed by atoms with Gasteiger partial charge in [-0.1, -0.05) is 13.8 Å². The summed E-state index contributed by atoms with van der Waals surface area (Å²) in [4.78, 5) is 14.3. The van der Waals surface area contributed by atoms with Gasteiger partial charge in [0, 0.05) is 18.7 Å². The highest BCUT2D eigenvalue weighted by molar-refractivity contribution is 5.94. The molecular weight excluding hydrogens is 240 g/mol. The first-order valence-electron chi connectivity index (χ1n) is 6.77. The van der Waals surface area contributed by atoms with Gasteiger partial charge < -0.3 is 15.0 Å². The molecule has 0 radical (unpaired) electrons. The van der Waals surface area contributed by atoms with Crippen molar-refractivity contribution >= 4 is 5.91 Å². The number of nitrogens with one attached hydrogen (secondary N) is 1. The smallest absolute Gasteiger partial charge is 0.251 e. The van der Waals surface area contributed by atoms with Crippen molar-refractivity contribution in [3.8, 4) is 5.75 Å². The second-order valence-electron chi connectivity index (χ2n) is 4.47. The number of benzene rings is 1. The third-order valence-electron chi connectivity index (χ3n) is 3.27. The SMILES string of the molecule is CCN(CC)CCNC(=O)c1ccc(OC)c(C)c1. The lowest BCUT2D eigenvalue weighted by Gasteiger charge is -2.18. The molecule has 106 valence electrons. The number of nitrogens with zero attached hydrogens (tertiary/aromatic N) is 1. The van der Waals surface area contributed by atoms with Gasteiger partial charge in [-0.15, -0.1) is 0 Å². The highest BCUT2D eigenvalue weighted by atomic mass is 16.5. The van der Waals surface area contributed by atoms with Crippen molar-refractivity contribution in [2.24, 2.45) is 0 Å². The van der Waals surface area contributed by atoms with E-state index in [9.17, 15) is 4.79 Å². The Balaban J connectivity index is 2.52. The molecule has 0 aliphatic heterocycles. The van der Waals surface area contributed by atoms with Crippen molar-refractivity contribution in [1.82, 2.24) is 10.2 Å². The molecule has 0 aliphatic carbocycles. The first-order chi connectivity index (χ1) is 9.12. The molecule has 0 fully saturated rings.